The molecule has 3 rings (SSSR count). The van der Waals surface area contributed by atoms with Crippen LogP contribution < -0.4 is 14.8 Å². The number of carbonyl (C=O) groups is 1. The van der Waals surface area contributed by atoms with Crippen LogP contribution in [0.5, 0.6) is 11.5 Å². The van der Waals surface area contributed by atoms with Crippen LogP contribution in [0.3, 0.4) is 0 Å². The molecule has 1 aliphatic rings. The van der Waals surface area contributed by atoms with Gasteiger partial charge in [0.25, 0.3) is 11.6 Å². The third-order valence-electron chi connectivity index (χ3n) is 3.29. The van der Waals surface area contributed by atoms with Gasteiger partial charge in [0, 0.05) is 24.3 Å². The third-order valence-corrected chi connectivity index (χ3v) is 3.91. The van der Waals surface area contributed by atoms with Crippen molar-refractivity contribution in [3.05, 3.63) is 56.1 Å². The number of benzene rings is 2. The Morgan fingerprint density at radius 1 is 1.08 bits per heavy atom. The van der Waals surface area contributed by atoms with Crippen molar-refractivity contribution in [2.75, 3.05) is 18.5 Å². The summed E-state index contributed by atoms with van der Waals surface area (Å²) in [6, 6.07) is 6.69. The van der Waals surface area contributed by atoms with Crippen molar-refractivity contribution in [2.24, 2.45) is 0 Å². The van der Waals surface area contributed by atoms with E-state index in [0.29, 0.717) is 30.4 Å². The van der Waals surface area contributed by atoms with E-state index >= 15 is 0 Å². The van der Waals surface area contributed by atoms with Crippen molar-refractivity contribution in [1.29, 1.82) is 0 Å². The summed E-state index contributed by atoms with van der Waals surface area (Å²) in [7, 11) is 0. The van der Waals surface area contributed by atoms with Crippen molar-refractivity contribution in [3.8, 4) is 11.5 Å². The van der Waals surface area contributed by atoms with Gasteiger partial charge in [-0.3, -0.25) is 14.9 Å². The summed E-state index contributed by atoms with van der Waals surface area (Å²) in [5, 5.41) is 13.6. The van der Waals surface area contributed by atoms with Gasteiger partial charge in [-0.25, -0.2) is 0 Å². The minimum Gasteiger partial charge on any atom is -0.486 e. The first-order valence-electron chi connectivity index (χ1n) is 6.80. The van der Waals surface area contributed by atoms with Crippen LogP contribution in [0.15, 0.2) is 30.3 Å². The maximum Gasteiger partial charge on any atom is 0.270 e. The quantitative estimate of drug-likeness (QED) is 0.654. The molecule has 0 aromatic heterocycles. The monoisotopic (exact) mass is 368 g/mol. The Bertz CT molecular complexity index is 841. The van der Waals surface area contributed by atoms with Crippen molar-refractivity contribution < 1.29 is 19.2 Å². The molecule has 0 fully saturated rings. The fraction of sp³-hybridized carbons (Fsp3) is 0.133. The molecule has 1 amide bonds. The largest absolute Gasteiger partial charge is 0.486 e. The lowest BCUT2D eigenvalue weighted by atomic mass is 10.2. The summed E-state index contributed by atoms with van der Waals surface area (Å²) < 4.78 is 10.8. The Balaban J connectivity index is 1.86. The first-order valence-corrected chi connectivity index (χ1v) is 7.56. The molecule has 0 saturated heterocycles. The van der Waals surface area contributed by atoms with E-state index in [-0.39, 0.29) is 21.3 Å². The topological polar surface area (TPSA) is 90.7 Å². The number of halogens is 2. The number of ether oxygens (including phenoxy) is 2. The van der Waals surface area contributed by atoms with Crippen molar-refractivity contribution >= 4 is 40.5 Å². The molecule has 0 saturated carbocycles. The summed E-state index contributed by atoms with van der Waals surface area (Å²) in [5.41, 5.74) is 0.211. The third kappa shape index (κ3) is 3.22. The zero-order valence-corrected chi connectivity index (χ0v) is 13.6. The van der Waals surface area contributed by atoms with Crippen LogP contribution in [0.2, 0.25) is 10.0 Å². The molecule has 1 aliphatic heterocycles. The lowest BCUT2D eigenvalue weighted by Crippen LogP contribution is -2.17. The second-order valence-corrected chi connectivity index (χ2v) is 5.67. The van der Waals surface area contributed by atoms with Crippen LogP contribution >= 0.6 is 23.2 Å². The lowest BCUT2D eigenvalue weighted by molar-refractivity contribution is -0.384. The molecule has 24 heavy (non-hydrogen) atoms. The van der Waals surface area contributed by atoms with Gasteiger partial charge in [0.2, 0.25) is 0 Å². The average molecular weight is 369 g/mol. The normalized spacial score (nSPS) is 12.6. The summed E-state index contributed by atoms with van der Waals surface area (Å²) in [4.78, 5) is 22.5. The number of fused-ring (bicyclic) bond motifs is 1. The highest BCUT2D eigenvalue weighted by molar-refractivity contribution is 6.36. The number of nitro groups is 1. The first kappa shape index (κ1) is 16.4. The predicted octanol–water partition coefficient (Wildman–Crippen LogP) is 3.93. The van der Waals surface area contributed by atoms with E-state index in [4.69, 9.17) is 32.7 Å². The van der Waals surface area contributed by atoms with Gasteiger partial charge in [0.1, 0.15) is 13.2 Å². The molecule has 0 aliphatic carbocycles. The van der Waals surface area contributed by atoms with E-state index < -0.39 is 10.8 Å². The Morgan fingerprint density at radius 2 is 1.75 bits per heavy atom. The van der Waals surface area contributed by atoms with E-state index in [9.17, 15) is 14.9 Å². The van der Waals surface area contributed by atoms with Gasteiger partial charge >= 0.3 is 0 Å². The Kier molecular flexibility index (Phi) is 4.46. The maximum absolute atomic E-state index is 12.3. The van der Waals surface area contributed by atoms with E-state index in [0.717, 1.165) is 6.07 Å². The summed E-state index contributed by atoms with van der Waals surface area (Å²) in [6.45, 7) is 0.823. The van der Waals surface area contributed by atoms with E-state index in [1.54, 1.807) is 12.1 Å². The lowest BCUT2D eigenvalue weighted by Gasteiger charge is -2.20. The highest BCUT2D eigenvalue weighted by Crippen LogP contribution is 2.38. The molecular formula is C15H10Cl2N2O5. The van der Waals surface area contributed by atoms with Gasteiger partial charge in [-0.2, -0.15) is 0 Å². The van der Waals surface area contributed by atoms with Crippen molar-refractivity contribution in [1.82, 2.24) is 0 Å². The summed E-state index contributed by atoms with van der Waals surface area (Å²) >= 11 is 12.1. The molecule has 0 atom stereocenters. The van der Waals surface area contributed by atoms with Gasteiger partial charge in [0.15, 0.2) is 11.5 Å². The van der Waals surface area contributed by atoms with Gasteiger partial charge in [-0.1, -0.05) is 23.2 Å². The Labute approximate surface area is 146 Å². The average Bonchev–Trinajstić information content (AvgIpc) is 2.55. The predicted molar refractivity (Wildman–Crippen MR) is 88.5 cm³/mol. The molecule has 124 valence electrons. The number of rotatable bonds is 3. The minimum absolute atomic E-state index is 0.0321. The van der Waals surface area contributed by atoms with Crippen LogP contribution in [0.1, 0.15) is 10.4 Å². The molecule has 9 heteroatoms. The fourth-order valence-corrected chi connectivity index (χ4v) is 2.61. The summed E-state index contributed by atoms with van der Waals surface area (Å²) in [5.74, 6) is 0.418. The molecule has 0 radical (unpaired) electrons. The number of carbonyl (C=O) groups excluding carboxylic acids is 1. The highest BCUT2D eigenvalue weighted by Gasteiger charge is 2.19. The number of non-ortho nitro benzene ring substituents is 1. The molecule has 0 unspecified atom stereocenters. The van der Waals surface area contributed by atoms with Crippen LogP contribution in [-0.4, -0.2) is 24.0 Å². The van der Waals surface area contributed by atoms with Gasteiger partial charge in [-0.15, -0.1) is 0 Å². The van der Waals surface area contributed by atoms with Crippen LogP contribution in [-0.2, 0) is 0 Å². The van der Waals surface area contributed by atoms with Crippen LogP contribution in [0.25, 0.3) is 0 Å². The molecule has 0 spiro atoms. The van der Waals surface area contributed by atoms with Crippen LogP contribution in [0.4, 0.5) is 11.4 Å². The second-order valence-electron chi connectivity index (χ2n) is 4.85. The van der Waals surface area contributed by atoms with E-state index in [1.807, 2.05) is 0 Å². The highest BCUT2D eigenvalue weighted by atomic mass is 35.5. The van der Waals surface area contributed by atoms with Gasteiger partial charge in [-0.05, 0) is 6.07 Å². The van der Waals surface area contributed by atoms with E-state index in [2.05, 4.69) is 5.32 Å². The Morgan fingerprint density at radius 3 is 2.38 bits per heavy atom. The SMILES string of the molecule is O=C(Nc1cc2c(cc1Cl)OCCO2)c1ccc([N+](=O)[O-])cc1Cl. The zero-order valence-electron chi connectivity index (χ0n) is 12.0. The molecular weight excluding hydrogens is 359 g/mol. The first-order chi connectivity index (χ1) is 11.5. The summed E-state index contributed by atoms with van der Waals surface area (Å²) in [6.07, 6.45) is 0. The van der Waals surface area contributed by atoms with Gasteiger partial charge in [0.05, 0.1) is 26.2 Å². The smallest absolute Gasteiger partial charge is 0.270 e. The standard InChI is InChI=1S/C15H10Cl2N2O5/c16-10-5-8(19(21)22)1-2-9(10)15(20)18-12-7-14-13(6-11(12)17)23-3-4-24-14/h1-2,5-7H,3-4H2,(H,18,20). The van der Waals surface area contributed by atoms with E-state index in [1.165, 1.54) is 12.1 Å². The molecule has 7 nitrogen and oxygen atoms in total. The van der Waals surface area contributed by atoms with Crippen molar-refractivity contribution in [2.45, 2.75) is 0 Å². The van der Waals surface area contributed by atoms with Gasteiger partial charge < -0.3 is 14.8 Å². The molecule has 0 bridgehead atoms. The number of anilines is 1. The van der Waals surface area contributed by atoms with Crippen molar-refractivity contribution in [3.63, 3.8) is 0 Å². The zero-order chi connectivity index (χ0) is 17.3. The Hall–Kier alpha value is -2.51. The number of hydrogen-bond acceptors (Lipinski definition) is 5. The molecule has 2 aromatic carbocycles. The number of amides is 1. The molecule has 1 heterocycles. The molecule has 2 aromatic rings. The number of hydrogen-bond donors (Lipinski definition) is 1. The minimum atomic E-state index is -0.592. The molecule has 1 N–H and O–H groups in total. The number of nitro benzene ring substituents is 1. The number of nitrogens with one attached hydrogen (secondary N) is 1. The number of nitrogens with zero attached hydrogens (tertiary/aromatic N) is 1. The fourth-order valence-electron chi connectivity index (χ4n) is 2.15. The maximum atomic E-state index is 12.3. The second kappa shape index (κ2) is 6.54. The van der Waals surface area contributed by atoms with Crippen LogP contribution in [0, 0.1) is 10.1 Å².